The average molecular weight is 266 g/mol. The van der Waals surface area contributed by atoms with E-state index < -0.39 is 0 Å². The fourth-order valence-corrected chi connectivity index (χ4v) is 2.31. The molecule has 2 heterocycles. The van der Waals surface area contributed by atoms with E-state index in [0.29, 0.717) is 6.54 Å². The van der Waals surface area contributed by atoms with Crippen LogP contribution in [0.4, 0.5) is 10.2 Å². The van der Waals surface area contributed by atoms with Gasteiger partial charge >= 0.3 is 0 Å². The molecule has 5 heteroatoms. The maximum atomic E-state index is 13.4. The molecule has 0 bridgehead atoms. The number of halogens is 1. The summed E-state index contributed by atoms with van der Waals surface area (Å²) in [6.07, 6.45) is 2.39. The lowest BCUT2D eigenvalue weighted by Crippen LogP contribution is -2.45. The molecule has 19 heavy (non-hydrogen) atoms. The monoisotopic (exact) mass is 266 g/mol. The highest BCUT2D eigenvalue weighted by molar-refractivity contribution is 5.47. The summed E-state index contributed by atoms with van der Waals surface area (Å²) in [7, 11) is 2.12. The largest absolute Gasteiger partial charge is 0.354 e. The van der Waals surface area contributed by atoms with Crippen molar-refractivity contribution in [2.45, 2.75) is 19.9 Å². The van der Waals surface area contributed by atoms with Gasteiger partial charge in [-0.05, 0) is 26.1 Å². The summed E-state index contributed by atoms with van der Waals surface area (Å²) in [5.74, 6) is 0.671. The van der Waals surface area contributed by atoms with Crippen molar-refractivity contribution in [1.82, 2.24) is 15.2 Å². The molecule has 1 aliphatic heterocycles. The Labute approximate surface area is 114 Å². The van der Waals surface area contributed by atoms with Gasteiger partial charge in [-0.1, -0.05) is 6.92 Å². The quantitative estimate of drug-likeness (QED) is 0.818. The van der Waals surface area contributed by atoms with E-state index >= 15 is 0 Å². The van der Waals surface area contributed by atoms with E-state index in [1.54, 1.807) is 6.07 Å². The van der Waals surface area contributed by atoms with Crippen LogP contribution in [0.5, 0.6) is 0 Å². The SMILES string of the molecule is CCCNCc1cc(F)cnc1N1CCN(C)CC1. The molecule has 0 aromatic carbocycles. The Morgan fingerprint density at radius 1 is 1.32 bits per heavy atom. The number of nitrogens with one attached hydrogen (secondary N) is 1. The summed E-state index contributed by atoms with van der Waals surface area (Å²) in [6.45, 7) is 7.71. The Balaban J connectivity index is 2.09. The minimum atomic E-state index is -0.258. The van der Waals surface area contributed by atoms with Crippen molar-refractivity contribution in [3.8, 4) is 0 Å². The minimum Gasteiger partial charge on any atom is -0.354 e. The van der Waals surface area contributed by atoms with Gasteiger partial charge in [-0.25, -0.2) is 9.37 Å². The molecular formula is C14H23FN4. The highest BCUT2D eigenvalue weighted by Crippen LogP contribution is 2.19. The summed E-state index contributed by atoms with van der Waals surface area (Å²) in [5, 5.41) is 3.32. The number of anilines is 1. The van der Waals surface area contributed by atoms with Crippen LogP contribution in [0, 0.1) is 5.82 Å². The van der Waals surface area contributed by atoms with Gasteiger partial charge in [0.25, 0.3) is 0 Å². The normalized spacial score (nSPS) is 16.9. The average Bonchev–Trinajstić information content (AvgIpc) is 2.41. The predicted octanol–water partition coefficient (Wildman–Crippen LogP) is 1.47. The number of nitrogens with zero attached hydrogens (tertiary/aromatic N) is 3. The van der Waals surface area contributed by atoms with Crippen molar-refractivity contribution in [2.75, 3.05) is 44.7 Å². The lowest BCUT2D eigenvalue weighted by Gasteiger charge is -2.34. The van der Waals surface area contributed by atoms with Crippen molar-refractivity contribution in [3.63, 3.8) is 0 Å². The summed E-state index contributed by atoms with van der Waals surface area (Å²) < 4.78 is 13.4. The van der Waals surface area contributed by atoms with Gasteiger partial charge < -0.3 is 15.1 Å². The first kappa shape index (κ1) is 14.2. The van der Waals surface area contributed by atoms with Crippen LogP contribution >= 0.6 is 0 Å². The zero-order valence-corrected chi connectivity index (χ0v) is 11.8. The number of hydrogen-bond acceptors (Lipinski definition) is 4. The molecule has 0 aliphatic carbocycles. The van der Waals surface area contributed by atoms with E-state index in [9.17, 15) is 4.39 Å². The lowest BCUT2D eigenvalue weighted by atomic mass is 10.2. The molecule has 2 rings (SSSR count). The molecule has 1 aliphatic rings. The van der Waals surface area contributed by atoms with Gasteiger partial charge in [-0.3, -0.25) is 0 Å². The summed E-state index contributed by atoms with van der Waals surface area (Å²) in [5.41, 5.74) is 0.956. The van der Waals surface area contributed by atoms with E-state index in [4.69, 9.17) is 0 Å². The second kappa shape index (κ2) is 6.82. The molecule has 106 valence electrons. The Kier molecular flexibility index (Phi) is 5.10. The zero-order chi connectivity index (χ0) is 13.7. The number of likely N-dealkylation sites (N-methyl/N-ethyl adjacent to an activating group) is 1. The number of aromatic nitrogens is 1. The first-order valence-corrected chi connectivity index (χ1v) is 6.99. The van der Waals surface area contributed by atoms with Gasteiger partial charge in [-0.15, -0.1) is 0 Å². The summed E-state index contributed by atoms with van der Waals surface area (Å²) in [6, 6.07) is 1.60. The molecule has 0 spiro atoms. The van der Waals surface area contributed by atoms with Crippen LogP contribution in [0.15, 0.2) is 12.3 Å². The highest BCUT2D eigenvalue weighted by atomic mass is 19.1. The van der Waals surface area contributed by atoms with E-state index in [2.05, 4.69) is 34.1 Å². The third kappa shape index (κ3) is 3.88. The first-order valence-electron chi connectivity index (χ1n) is 6.99. The van der Waals surface area contributed by atoms with E-state index in [0.717, 1.165) is 50.5 Å². The topological polar surface area (TPSA) is 31.4 Å². The molecule has 0 atom stereocenters. The summed E-state index contributed by atoms with van der Waals surface area (Å²) >= 11 is 0. The first-order chi connectivity index (χ1) is 9.20. The van der Waals surface area contributed by atoms with Crippen molar-refractivity contribution in [3.05, 3.63) is 23.6 Å². The van der Waals surface area contributed by atoms with Crippen molar-refractivity contribution >= 4 is 5.82 Å². The second-order valence-corrected chi connectivity index (χ2v) is 5.10. The molecule has 1 N–H and O–H groups in total. The second-order valence-electron chi connectivity index (χ2n) is 5.10. The van der Waals surface area contributed by atoms with Crippen LogP contribution in [-0.4, -0.2) is 49.7 Å². The Morgan fingerprint density at radius 3 is 2.74 bits per heavy atom. The minimum absolute atomic E-state index is 0.258. The number of piperazine rings is 1. The van der Waals surface area contributed by atoms with Crippen LogP contribution in [0.25, 0.3) is 0 Å². The highest BCUT2D eigenvalue weighted by Gasteiger charge is 2.18. The maximum absolute atomic E-state index is 13.4. The molecule has 1 aromatic heterocycles. The van der Waals surface area contributed by atoms with Crippen LogP contribution in [-0.2, 0) is 6.54 Å². The van der Waals surface area contributed by atoms with E-state index in [1.807, 2.05) is 0 Å². The fraction of sp³-hybridized carbons (Fsp3) is 0.643. The molecule has 1 aromatic rings. The fourth-order valence-electron chi connectivity index (χ4n) is 2.31. The van der Waals surface area contributed by atoms with Gasteiger partial charge in [0.05, 0.1) is 6.20 Å². The molecule has 1 saturated heterocycles. The molecule has 0 saturated carbocycles. The zero-order valence-electron chi connectivity index (χ0n) is 11.8. The lowest BCUT2D eigenvalue weighted by molar-refractivity contribution is 0.311. The molecule has 0 unspecified atom stereocenters. The number of rotatable bonds is 5. The molecular weight excluding hydrogens is 243 g/mol. The molecule has 0 radical (unpaired) electrons. The summed E-state index contributed by atoms with van der Waals surface area (Å²) in [4.78, 5) is 8.85. The number of hydrogen-bond donors (Lipinski definition) is 1. The van der Waals surface area contributed by atoms with Crippen LogP contribution in [0.3, 0.4) is 0 Å². The van der Waals surface area contributed by atoms with Gasteiger partial charge in [0.15, 0.2) is 0 Å². The third-order valence-corrected chi connectivity index (χ3v) is 3.45. The van der Waals surface area contributed by atoms with Gasteiger partial charge in [0.2, 0.25) is 0 Å². The Bertz CT molecular complexity index is 402. The maximum Gasteiger partial charge on any atom is 0.141 e. The molecule has 0 amide bonds. The van der Waals surface area contributed by atoms with E-state index in [1.165, 1.54) is 6.20 Å². The van der Waals surface area contributed by atoms with Crippen molar-refractivity contribution in [1.29, 1.82) is 0 Å². The smallest absolute Gasteiger partial charge is 0.141 e. The van der Waals surface area contributed by atoms with E-state index in [-0.39, 0.29) is 5.82 Å². The van der Waals surface area contributed by atoms with Gasteiger partial charge in [0, 0.05) is 38.3 Å². The van der Waals surface area contributed by atoms with Crippen LogP contribution < -0.4 is 10.2 Å². The van der Waals surface area contributed by atoms with Crippen molar-refractivity contribution < 1.29 is 4.39 Å². The van der Waals surface area contributed by atoms with Crippen molar-refractivity contribution in [2.24, 2.45) is 0 Å². The van der Waals surface area contributed by atoms with Crippen LogP contribution in [0.2, 0.25) is 0 Å². The molecule has 4 nitrogen and oxygen atoms in total. The predicted molar refractivity (Wildman–Crippen MR) is 75.9 cm³/mol. The number of pyridine rings is 1. The molecule has 1 fully saturated rings. The van der Waals surface area contributed by atoms with Crippen LogP contribution in [0.1, 0.15) is 18.9 Å². The Morgan fingerprint density at radius 2 is 2.05 bits per heavy atom. The Hall–Kier alpha value is -1.20. The third-order valence-electron chi connectivity index (χ3n) is 3.45. The van der Waals surface area contributed by atoms with Gasteiger partial charge in [-0.2, -0.15) is 0 Å². The standard InChI is InChI=1S/C14H23FN4/c1-3-4-16-10-12-9-13(15)11-17-14(12)19-7-5-18(2)6-8-19/h9,11,16H,3-8,10H2,1-2H3. The van der Waals surface area contributed by atoms with Gasteiger partial charge in [0.1, 0.15) is 11.6 Å².